The average Bonchev–Trinajstić information content (AvgIpc) is 3.06. The second-order valence-electron chi connectivity index (χ2n) is 7.01. The van der Waals surface area contributed by atoms with Crippen molar-refractivity contribution in [2.75, 3.05) is 18.1 Å². The molecular weight excluding hydrogens is 406 g/mol. The van der Waals surface area contributed by atoms with Crippen molar-refractivity contribution in [3.63, 3.8) is 0 Å². The molecule has 0 radical (unpaired) electrons. The maximum absolute atomic E-state index is 12.2. The number of carbonyl (C=O) groups is 3. The number of amides is 1. The van der Waals surface area contributed by atoms with Gasteiger partial charge in [0.15, 0.2) is 6.10 Å². The summed E-state index contributed by atoms with van der Waals surface area (Å²) in [6.07, 6.45) is -1.67. The molecule has 162 valence electrons. The van der Waals surface area contributed by atoms with Crippen LogP contribution in [0.3, 0.4) is 0 Å². The van der Waals surface area contributed by atoms with E-state index in [2.05, 4.69) is 0 Å². The van der Waals surface area contributed by atoms with E-state index in [1.807, 2.05) is 0 Å². The Morgan fingerprint density at radius 1 is 1.10 bits per heavy atom. The molecular formula is C21H21N3O7. The summed E-state index contributed by atoms with van der Waals surface area (Å²) in [5.41, 5.74) is 7.38. The molecule has 10 heteroatoms. The number of anilines is 1. The molecule has 0 spiro atoms. The molecule has 1 amide bonds. The Balaban J connectivity index is 1.67. The standard InChI is InChI=1S/C21H21N3O7/c22-20(23)14-1-3-15(4-2-14)24-10-17(31-21(24)29)11-30-16-6-12(8-18(25)26)5-13(7-16)9-19(27)28/h1-7,17H,8-11H2,(H3,22,23)(H,25,26)(H,27,28). The van der Waals surface area contributed by atoms with E-state index in [1.165, 1.54) is 23.1 Å². The molecule has 0 aliphatic carbocycles. The third-order valence-corrected chi connectivity index (χ3v) is 4.54. The van der Waals surface area contributed by atoms with E-state index in [0.29, 0.717) is 28.1 Å². The number of carbonyl (C=O) groups excluding carboxylic acids is 1. The molecule has 1 atom stereocenters. The first kappa shape index (κ1) is 21.6. The Morgan fingerprint density at radius 3 is 2.19 bits per heavy atom. The van der Waals surface area contributed by atoms with Crippen molar-refractivity contribution in [2.45, 2.75) is 18.9 Å². The highest BCUT2D eigenvalue weighted by Crippen LogP contribution is 2.24. The molecule has 0 saturated carbocycles. The predicted octanol–water partition coefficient (Wildman–Crippen LogP) is 1.63. The van der Waals surface area contributed by atoms with Crippen molar-refractivity contribution in [3.8, 4) is 5.75 Å². The van der Waals surface area contributed by atoms with Crippen LogP contribution < -0.4 is 15.4 Å². The van der Waals surface area contributed by atoms with Crippen LogP contribution >= 0.6 is 0 Å². The van der Waals surface area contributed by atoms with Gasteiger partial charge in [-0.25, -0.2) is 4.79 Å². The normalized spacial score (nSPS) is 15.4. The van der Waals surface area contributed by atoms with Crippen molar-refractivity contribution in [1.29, 1.82) is 5.41 Å². The second-order valence-corrected chi connectivity index (χ2v) is 7.01. The first-order valence-electron chi connectivity index (χ1n) is 9.33. The lowest BCUT2D eigenvalue weighted by Crippen LogP contribution is -2.26. The maximum atomic E-state index is 12.2. The van der Waals surface area contributed by atoms with Gasteiger partial charge in [-0.05, 0) is 47.5 Å². The molecule has 1 saturated heterocycles. The predicted molar refractivity (Wildman–Crippen MR) is 110 cm³/mol. The van der Waals surface area contributed by atoms with Crippen LogP contribution in [0.1, 0.15) is 16.7 Å². The van der Waals surface area contributed by atoms with Gasteiger partial charge in [-0.1, -0.05) is 6.07 Å². The van der Waals surface area contributed by atoms with E-state index in [1.54, 1.807) is 24.3 Å². The number of nitrogens with one attached hydrogen (secondary N) is 1. The van der Waals surface area contributed by atoms with Crippen molar-refractivity contribution in [2.24, 2.45) is 5.73 Å². The van der Waals surface area contributed by atoms with Crippen LogP contribution in [0.5, 0.6) is 5.75 Å². The van der Waals surface area contributed by atoms with Gasteiger partial charge in [0.1, 0.15) is 18.2 Å². The lowest BCUT2D eigenvalue weighted by Gasteiger charge is -2.14. The number of hydrogen-bond acceptors (Lipinski definition) is 6. The van der Waals surface area contributed by atoms with Gasteiger partial charge in [-0.3, -0.25) is 19.9 Å². The summed E-state index contributed by atoms with van der Waals surface area (Å²) >= 11 is 0. The minimum atomic E-state index is -1.05. The molecule has 1 fully saturated rings. The van der Waals surface area contributed by atoms with Crippen LogP contribution in [0.15, 0.2) is 42.5 Å². The van der Waals surface area contributed by atoms with Gasteiger partial charge in [0.2, 0.25) is 0 Å². The van der Waals surface area contributed by atoms with Crippen LogP contribution in [0.25, 0.3) is 0 Å². The summed E-state index contributed by atoms with van der Waals surface area (Å²) in [7, 11) is 0. The molecule has 1 unspecified atom stereocenters. The molecule has 1 heterocycles. The second kappa shape index (κ2) is 9.16. The summed E-state index contributed by atoms with van der Waals surface area (Å²) in [4.78, 5) is 35.7. The molecule has 1 aliphatic heterocycles. The van der Waals surface area contributed by atoms with E-state index in [-0.39, 0.29) is 31.8 Å². The Labute approximate surface area is 177 Å². The van der Waals surface area contributed by atoms with Crippen molar-refractivity contribution in [3.05, 3.63) is 59.2 Å². The largest absolute Gasteiger partial charge is 0.490 e. The van der Waals surface area contributed by atoms with Crippen LogP contribution in [0.4, 0.5) is 10.5 Å². The zero-order chi connectivity index (χ0) is 22.5. The molecule has 2 aromatic rings. The van der Waals surface area contributed by atoms with E-state index < -0.39 is 24.1 Å². The van der Waals surface area contributed by atoms with Gasteiger partial charge >= 0.3 is 18.0 Å². The molecule has 1 aliphatic rings. The Kier molecular flexibility index (Phi) is 6.39. The van der Waals surface area contributed by atoms with Crippen LogP contribution in [-0.4, -0.2) is 53.3 Å². The smallest absolute Gasteiger partial charge is 0.414 e. The highest BCUT2D eigenvalue weighted by atomic mass is 16.6. The maximum Gasteiger partial charge on any atom is 0.414 e. The van der Waals surface area contributed by atoms with Crippen molar-refractivity contribution >= 4 is 29.6 Å². The lowest BCUT2D eigenvalue weighted by molar-refractivity contribution is -0.137. The number of aliphatic carboxylic acids is 2. The monoisotopic (exact) mass is 427 g/mol. The number of carboxylic acid groups (broad SMARTS) is 2. The third-order valence-electron chi connectivity index (χ3n) is 4.54. The Hall–Kier alpha value is -4.08. The SMILES string of the molecule is N=C(N)c1ccc(N2CC(COc3cc(CC(=O)O)cc(CC(=O)O)c3)OC2=O)cc1. The molecule has 0 aromatic heterocycles. The molecule has 10 nitrogen and oxygen atoms in total. The molecule has 5 N–H and O–H groups in total. The first-order chi connectivity index (χ1) is 14.7. The van der Waals surface area contributed by atoms with Crippen LogP contribution in [0, 0.1) is 5.41 Å². The average molecular weight is 427 g/mol. The molecule has 0 bridgehead atoms. The van der Waals surface area contributed by atoms with Gasteiger partial charge in [0.05, 0.1) is 19.4 Å². The van der Waals surface area contributed by atoms with E-state index in [9.17, 15) is 14.4 Å². The number of nitrogen functional groups attached to an aromatic ring is 1. The number of rotatable bonds is 9. The molecule has 3 rings (SSSR count). The zero-order valence-corrected chi connectivity index (χ0v) is 16.4. The number of hydrogen-bond donors (Lipinski definition) is 4. The topological polar surface area (TPSA) is 163 Å². The van der Waals surface area contributed by atoms with Gasteiger partial charge in [0.25, 0.3) is 0 Å². The van der Waals surface area contributed by atoms with E-state index in [0.717, 1.165) is 0 Å². The summed E-state index contributed by atoms with van der Waals surface area (Å²) in [6.45, 7) is 0.242. The van der Waals surface area contributed by atoms with Crippen molar-refractivity contribution < 1.29 is 34.1 Å². The van der Waals surface area contributed by atoms with Crippen molar-refractivity contribution in [1.82, 2.24) is 0 Å². The van der Waals surface area contributed by atoms with Crippen LogP contribution in [-0.2, 0) is 27.2 Å². The quantitative estimate of drug-likeness (QED) is 0.346. The summed E-state index contributed by atoms with van der Waals surface area (Å²) < 4.78 is 11.0. The lowest BCUT2D eigenvalue weighted by atomic mass is 10.1. The summed E-state index contributed by atoms with van der Waals surface area (Å²) in [6, 6.07) is 11.1. The highest BCUT2D eigenvalue weighted by Gasteiger charge is 2.33. The van der Waals surface area contributed by atoms with Gasteiger partial charge in [-0.2, -0.15) is 0 Å². The molecule has 2 aromatic carbocycles. The van der Waals surface area contributed by atoms with Gasteiger partial charge in [-0.15, -0.1) is 0 Å². The Morgan fingerprint density at radius 2 is 1.68 bits per heavy atom. The fourth-order valence-corrected chi connectivity index (χ4v) is 3.19. The summed E-state index contributed by atoms with van der Waals surface area (Å²) in [5, 5.41) is 25.4. The number of ether oxygens (including phenoxy) is 2. The fraction of sp³-hybridized carbons (Fsp3) is 0.238. The van der Waals surface area contributed by atoms with Gasteiger partial charge in [0, 0.05) is 11.3 Å². The number of benzene rings is 2. The fourth-order valence-electron chi connectivity index (χ4n) is 3.19. The number of nitrogens with zero attached hydrogens (tertiary/aromatic N) is 1. The van der Waals surface area contributed by atoms with Gasteiger partial charge < -0.3 is 25.4 Å². The van der Waals surface area contributed by atoms with Crippen LogP contribution in [0.2, 0.25) is 0 Å². The summed E-state index contributed by atoms with van der Waals surface area (Å²) in [5.74, 6) is -1.87. The number of carboxylic acids is 2. The first-order valence-corrected chi connectivity index (χ1v) is 9.33. The molecule has 31 heavy (non-hydrogen) atoms. The van der Waals surface area contributed by atoms with E-state index >= 15 is 0 Å². The minimum Gasteiger partial charge on any atom is -0.490 e. The Bertz CT molecular complexity index is 986. The highest BCUT2D eigenvalue weighted by molar-refractivity contribution is 5.96. The minimum absolute atomic E-state index is 0.0107. The third kappa shape index (κ3) is 5.72. The number of cyclic esters (lactones) is 1. The number of nitrogens with two attached hydrogens (primary N) is 1. The zero-order valence-electron chi connectivity index (χ0n) is 16.4. The van der Waals surface area contributed by atoms with E-state index in [4.69, 9.17) is 30.8 Å². The number of amidine groups is 1.